The van der Waals surface area contributed by atoms with Crippen LogP contribution < -0.4 is 0 Å². The molecule has 0 saturated heterocycles. The summed E-state index contributed by atoms with van der Waals surface area (Å²) in [4.78, 5) is 33.5. The van der Waals surface area contributed by atoms with Gasteiger partial charge in [-0.25, -0.2) is 0 Å². The molecule has 0 aromatic heterocycles. The first-order valence-corrected chi connectivity index (χ1v) is 6.80. The molecule has 0 aliphatic carbocycles. The number of esters is 1. The van der Waals surface area contributed by atoms with E-state index in [0.29, 0.717) is 24.7 Å². The minimum atomic E-state index is -0.561. The number of carbonyl (C=O) groups is 3. The second kappa shape index (κ2) is 8.32. The molecule has 0 spiro atoms. The Balaban J connectivity index is 2.69. The number of aldehydes is 1. The third-order valence-electron chi connectivity index (χ3n) is 3.08. The molecular formula is C16H20O5. The molecule has 0 amide bonds. The van der Waals surface area contributed by atoms with Gasteiger partial charge in [0.2, 0.25) is 0 Å². The minimum Gasteiger partial charge on any atom is -0.458 e. The Labute approximate surface area is 124 Å². The first-order chi connectivity index (χ1) is 9.97. The van der Waals surface area contributed by atoms with Gasteiger partial charge in [-0.1, -0.05) is 18.7 Å². The lowest BCUT2D eigenvalue weighted by Crippen LogP contribution is -2.34. The van der Waals surface area contributed by atoms with Crippen molar-refractivity contribution >= 4 is 18.0 Å². The van der Waals surface area contributed by atoms with Gasteiger partial charge in [-0.15, -0.1) is 0 Å². The summed E-state index contributed by atoms with van der Waals surface area (Å²) in [6.07, 6.45) is 6.49. The average Bonchev–Trinajstić information content (AvgIpc) is 2.44. The van der Waals surface area contributed by atoms with Crippen LogP contribution in [0.4, 0.5) is 0 Å². The summed E-state index contributed by atoms with van der Waals surface area (Å²) >= 11 is 0. The Kier molecular flexibility index (Phi) is 6.75. The molecule has 114 valence electrons. The molecule has 0 aromatic rings. The van der Waals surface area contributed by atoms with Crippen LogP contribution in [0.1, 0.15) is 26.7 Å². The highest BCUT2D eigenvalue weighted by Gasteiger charge is 2.28. The molecule has 1 aliphatic heterocycles. The van der Waals surface area contributed by atoms with E-state index in [1.165, 1.54) is 13.0 Å². The predicted octanol–water partition coefficient (Wildman–Crippen LogP) is 1.92. The lowest BCUT2D eigenvalue weighted by atomic mass is 9.98. The first kappa shape index (κ1) is 17.0. The largest absolute Gasteiger partial charge is 0.458 e. The molecule has 0 fully saturated rings. The van der Waals surface area contributed by atoms with Gasteiger partial charge >= 0.3 is 5.97 Å². The van der Waals surface area contributed by atoms with Crippen molar-refractivity contribution in [1.29, 1.82) is 0 Å². The van der Waals surface area contributed by atoms with Gasteiger partial charge in [0.25, 0.3) is 0 Å². The number of ketones is 1. The number of allylic oxidation sites excluding steroid dienone is 2. The quantitative estimate of drug-likeness (QED) is 0.407. The Bertz CT molecular complexity index is 475. The smallest absolute Gasteiger partial charge is 0.303 e. The highest BCUT2D eigenvalue weighted by Crippen LogP contribution is 2.21. The third-order valence-corrected chi connectivity index (χ3v) is 3.08. The van der Waals surface area contributed by atoms with Crippen molar-refractivity contribution in [2.45, 2.75) is 45.0 Å². The Hall–Kier alpha value is -2.01. The lowest BCUT2D eigenvalue weighted by Gasteiger charge is -2.26. The van der Waals surface area contributed by atoms with E-state index in [9.17, 15) is 14.4 Å². The van der Waals surface area contributed by atoms with E-state index in [1.807, 2.05) is 0 Å². The number of rotatable bonds is 7. The van der Waals surface area contributed by atoms with E-state index in [2.05, 4.69) is 6.58 Å². The van der Waals surface area contributed by atoms with Gasteiger partial charge in [0.05, 0.1) is 6.10 Å². The van der Waals surface area contributed by atoms with E-state index < -0.39 is 18.3 Å². The molecule has 1 heterocycles. The average molecular weight is 292 g/mol. The van der Waals surface area contributed by atoms with Gasteiger partial charge in [0.15, 0.2) is 5.78 Å². The molecule has 0 aromatic carbocycles. The summed E-state index contributed by atoms with van der Waals surface area (Å²) in [5.41, 5.74) is 0.326. The summed E-state index contributed by atoms with van der Waals surface area (Å²) in [6, 6.07) is 0. The molecule has 1 aliphatic rings. The maximum atomic E-state index is 11.5. The minimum absolute atomic E-state index is 0.212. The molecule has 21 heavy (non-hydrogen) atoms. The van der Waals surface area contributed by atoms with Gasteiger partial charge in [0.1, 0.15) is 18.5 Å². The zero-order valence-electron chi connectivity index (χ0n) is 12.3. The Morgan fingerprint density at radius 1 is 1.57 bits per heavy atom. The molecule has 5 nitrogen and oxygen atoms in total. The first-order valence-electron chi connectivity index (χ1n) is 6.80. The Morgan fingerprint density at radius 2 is 2.29 bits per heavy atom. The van der Waals surface area contributed by atoms with Crippen LogP contribution >= 0.6 is 0 Å². The van der Waals surface area contributed by atoms with Crippen LogP contribution in [0.5, 0.6) is 0 Å². The van der Waals surface area contributed by atoms with E-state index >= 15 is 0 Å². The second-order valence-electron chi connectivity index (χ2n) is 4.78. The van der Waals surface area contributed by atoms with Crippen LogP contribution in [0.25, 0.3) is 0 Å². The van der Waals surface area contributed by atoms with Crippen molar-refractivity contribution in [2.75, 3.05) is 0 Å². The predicted molar refractivity (Wildman–Crippen MR) is 77.6 cm³/mol. The van der Waals surface area contributed by atoms with Gasteiger partial charge < -0.3 is 9.47 Å². The van der Waals surface area contributed by atoms with Crippen LogP contribution in [0.15, 0.2) is 36.5 Å². The fourth-order valence-corrected chi connectivity index (χ4v) is 2.04. The molecule has 0 bridgehead atoms. The summed E-state index contributed by atoms with van der Waals surface area (Å²) < 4.78 is 10.7. The maximum absolute atomic E-state index is 11.5. The van der Waals surface area contributed by atoms with E-state index in [-0.39, 0.29) is 11.8 Å². The summed E-state index contributed by atoms with van der Waals surface area (Å²) in [5.74, 6) is -0.593. The highest BCUT2D eigenvalue weighted by molar-refractivity contribution is 5.99. The third kappa shape index (κ3) is 5.47. The number of ether oxygens (including phenoxy) is 2. The van der Waals surface area contributed by atoms with E-state index in [0.717, 1.165) is 0 Å². The van der Waals surface area contributed by atoms with E-state index in [4.69, 9.17) is 9.47 Å². The van der Waals surface area contributed by atoms with Gasteiger partial charge in [-0.3, -0.25) is 14.4 Å². The normalized spacial score (nSPS) is 23.5. The zero-order valence-corrected chi connectivity index (χ0v) is 12.3. The van der Waals surface area contributed by atoms with Crippen molar-refractivity contribution < 1.29 is 23.9 Å². The fraction of sp³-hybridized carbons (Fsp3) is 0.438. The summed E-state index contributed by atoms with van der Waals surface area (Å²) in [6.45, 7) is 6.54. The Morgan fingerprint density at radius 3 is 2.86 bits per heavy atom. The molecule has 1 rings (SSSR count). The summed E-state index contributed by atoms with van der Waals surface area (Å²) in [5, 5.41) is 0. The zero-order chi connectivity index (χ0) is 15.8. The molecule has 0 saturated carbocycles. The van der Waals surface area contributed by atoms with Crippen LogP contribution in [0.2, 0.25) is 0 Å². The molecule has 1 unspecified atom stereocenters. The van der Waals surface area contributed by atoms with Crippen molar-refractivity contribution in [3.05, 3.63) is 36.5 Å². The van der Waals surface area contributed by atoms with E-state index in [1.54, 1.807) is 25.2 Å². The SMILES string of the molecule is C=C/C=C/C(CC[C@@H]1O[C@@H](C)C(=O)C=C1C=O)OC(C)=O. The molecule has 0 N–H and O–H groups in total. The van der Waals surface area contributed by atoms with Crippen molar-refractivity contribution in [3.8, 4) is 0 Å². The van der Waals surface area contributed by atoms with Crippen LogP contribution in [-0.2, 0) is 23.9 Å². The fourth-order valence-electron chi connectivity index (χ4n) is 2.04. The number of hydrogen-bond donors (Lipinski definition) is 0. The van der Waals surface area contributed by atoms with Crippen molar-refractivity contribution in [3.63, 3.8) is 0 Å². The van der Waals surface area contributed by atoms with Gasteiger partial charge in [-0.2, -0.15) is 0 Å². The number of hydrogen-bond acceptors (Lipinski definition) is 5. The second-order valence-corrected chi connectivity index (χ2v) is 4.78. The molecule has 5 heteroatoms. The van der Waals surface area contributed by atoms with Crippen LogP contribution in [-0.4, -0.2) is 36.4 Å². The topological polar surface area (TPSA) is 69.7 Å². The highest BCUT2D eigenvalue weighted by atomic mass is 16.5. The van der Waals surface area contributed by atoms with Crippen molar-refractivity contribution in [2.24, 2.45) is 0 Å². The summed E-state index contributed by atoms with van der Waals surface area (Å²) in [7, 11) is 0. The van der Waals surface area contributed by atoms with Gasteiger partial charge in [-0.05, 0) is 31.9 Å². The van der Waals surface area contributed by atoms with Crippen LogP contribution in [0.3, 0.4) is 0 Å². The molecular weight excluding hydrogens is 272 g/mol. The van der Waals surface area contributed by atoms with Crippen molar-refractivity contribution in [1.82, 2.24) is 0 Å². The lowest BCUT2D eigenvalue weighted by molar-refractivity contribution is -0.144. The maximum Gasteiger partial charge on any atom is 0.303 e. The number of carbonyl (C=O) groups excluding carboxylic acids is 3. The molecule has 0 radical (unpaired) electrons. The molecule has 3 atom stereocenters. The van der Waals surface area contributed by atoms with Gasteiger partial charge in [0, 0.05) is 12.5 Å². The standard InChI is InChI=1S/C16H20O5/c1-4-5-6-14(21-12(3)18)7-8-16-13(10-17)9-15(19)11(2)20-16/h4-6,9-11,14,16H,1,7-8H2,2-3H3/b6-5+/t11-,14?,16-/m0/s1. The van der Waals surface area contributed by atoms with Crippen LogP contribution in [0, 0.1) is 0 Å². The monoisotopic (exact) mass is 292 g/mol.